The summed E-state index contributed by atoms with van der Waals surface area (Å²) in [5.74, 6) is 0.739. The molecule has 0 amide bonds. The van der Waals surface area contributed by atoms with E-state index in [1.165, 1.54) is 6.07 Å². The third-order valence-corrected chi connectivity index (χ3v) is 4.23. The van der Waals surface area contributed by atoms with E-state index in [-0.39, 0.29) is 22.6 Å². The molecule has 0 bridgehead atoms. The van der Waals surface area contributed by atoms with Gasteiger partial charge in [0.2, 0.25) is 5.88 Å². The number of phenols is 1. The summed E-state index contributed by atoms with van der Waals surface area (Å²) in [6.45, 7) is 6.77. The maximum Gasteiger partial charge on any atom is 0.205 e. The third-order valence-electron chi connectivity index (χ3n) is 4.23. The summed E-state index contributed by atoms with van der Waals surface area (Å²) in [5, 5.41) is 19.5. The number of allylic oxidation sites excluding steroid dienone is 1. The fourth-order valence-corrected chi connectivity index (χ4v) is 2.96. The van der Waals surface area contributed by atoms with E-state index in [1.807, 2.05) is 6.07 Å². The van der Waals surface area contributed by atoms with Gasteiger partial charge in [0.25, 0.3) is 0 Å². The lowest BCUT2D eigenvalue weighted by molar-refractivity contribution is 0.199. The predicted octanol–water partition coefficient (Wildman–Crippen LogP) is 3.62. The minimum Gasteiger partial charge on any atom is -0.508 e. The number of aromatic hydroxyl groups is 1. The van der Waals surface area contributed by atoms with Gasteiger partial charge in [-0.15, -0.1) is 0 Å². The fraction of sp³-hybridized carbons (Fsp3) is 0.286. The maximum absolute atomic E-state index is 9.89. The zero-order chi connectivity index (χ0) is 19.8. The largest absolute Gasteiger partial charge is 0.508 e. The highest BCUT2D eigenvalue weighted by Crippen LogP contribution is 2.44. The van der Waals surface area contributed by atoms with Crippen LogP contribution in [0.5, 0.6) is 17.2 Å². The molecule has 6 heteroatoms. The molecule has 0 fully saturated rings. The van der Waals surface area contributed by atoms with Crippen LogP contribution in [0.25, 0.3) is 0 Å². The first-order valence-corrected chi connectivity index (χ1v) is 8.62. The van der Waals surface area contributed by atoms with Crippen molar-refractivity contribution in [3.05, 3.63) is 59.0 Å². The van der Waals surface area contributed by atoms with Gasteiger partial charge in [-0.25, -0.2) is 0 Å². The van der Waals surface area contributed by atoms with Gasteiger partial charge in [0, 0.05) is 5.56 Å². The van der Waals surface area contributed by atoms with Crippen LogP contribution in [-0.4, -0.2) is 11.7 Å². The number of nitrogen functional groups attached to an aromatic ring is 1. The smallest absolute Gasteiger partial charge is 0.205 e. The van der Waals surface area contributed by atoms with Crippen molar-refractivity contribution < 1.29 is 14.6 Å². The van der Waals surface area contributed by atoms with Crippen LogP contribution in [0.4, 0.5) is 5.69 Å². The molecule has 27 heavy (non-hydrogen) atoms. The van der Waals surface area contributed by atoms with Crippen LogP contribution in [0.2, 0.25) is 0 Å². The van der Waals surface area contributed by atoms with E-state index >= 15 is 0 Å². The Kier molecular flexibility index (Phi) is 4.63. The van der Waals surface area contributed by atoms with Gasteiger partial charge >= 0.3 is 0 Å². The van der Waals surface area contributed by atoms with E-state index in [0.29, 0.717) is 29.4 Å². The predicted molar refractivity (Wildman–Crippen MR) is 103 cm³/mol. The van der Waals surface area contributed by atoms with E-state index < -0.39 is 5.92 Å². The molecule has 0 aliphatic carbocycles. The lowest BCUT2D eigenvalue weighted by atomic mass is 9.83. The van der Waals surface area contributed by atoms with Crippen LogP contribution in [-0.2, 0) is 0 Å². The Morgan fingerprint density at radius 1 is 1.19 bits per heavy atom. The number of rotatable bonds is 3. The van der Waals surface area contributed by atoms with Gasteiger partial charge in [-0.05, 0) is 41.3 Å². The van der Waals surface area contributed by atoms with Gasteiger partial charge in [-0.1, -0.05) is 26.8 Å². The molecular formula is C21H23N3O3. The Morgan fingerprint density at radius 3 is 2.56 bits per heavy atom. The van der Waals surface area contributed by atoms with E-state index in [0.717, 1.165) is 5.56 Å². The summed E-state index contributed by atoms with van der Waals surface area (Å²) < 4.78 is 11.4. The van der Waals surface area contributed by atoms with Crippen molar-refractivity contribution in [2.45, 2.75) is 26.7 Å². The van der Waals surface area contributed by atoms with Crippen molar-refractivity contribution in [3.63, 3.8) is 0 Å². The van der Waals surface area contributed by atoms with Crippen molar-refractivity contribution in [1.82, 2.24) is 0 Å². The molecule has 1 heterocycles. The van der Waals surface area contributed by atoms with Gasteiger partial charge in [0.1, 0.15) is 28.9 Å². The molecule has 3 rings (SSSR count). The van der Waals surface area contributed by atoms with Gasteiger partial charge < -0.3 is 26.0 Å². The molecule has 2 aromatic carbocycles. The number of nitrogens with two attached hydrogens (primary N) is 2. The highest BCUT2D eigenvalue weighted by atomic mass is 16.5. The van der Waals surface area contributed by atoms with Crippen molar-refractivity contribution in [2.24, 2.45) is 11.1 Å². The Balaban J connectivity index is 2.03. The number of hydrogen-bond acceptors (Lipinski definition) is 6. The zero-order valence-corrected chi connectivity index (χ0v) is 15.6. The van der Waals surface area contributed by atoms with Gasteiger partial charge in [-0.3, -0.25) is 0 Å². The number of nitriles is 1. The van der Waals surface area contributed by atoms with Crippen molar-refractivity contribution in [3.8, 4) is 23.3 Å². The molecule has 0 aromatic heterocycles. The molecular weight excluding hydrogens is 342 g/mol. The molecule has 1 aliphatic heterocycles. The fourth-order valence-electron chi connectivity index (χ4n) is 2.96. The molecule has 0 saturated heterocycles. The van der Waals surface area contributed by atoms with Crippen molar-refractivity contribution >= 4 is 5.69 Å². The maximum atomic E-state index is 9.89. The van der Waals surface area contributed by atoms with Crippen LogP contribution in [0.1, 0.15) is 37.8 Å². The second-order valence-corrected chi connectivity index (χ2v) is 7.79. The van der Waals surface area contributed by atoms with Crippen LogP contribution in [0.15, 0.2) is 47.9 Å². The Hall–Kier alpha value is -3.33. The molecule has 1 aliphatic rings. The minimum absolute atomic E-state index is 0.00739. The molecule has 1 unspecified atom stereocenters. The van der Waals surface area contributed by atoms with E-state index in [9.17, 15) is 10.4 Å². The van der Waals surface area contributed by atoms with Crippen LogP contribution in [0, 0.1) is 16.7 Å². The third kappa shape index (κ3) is 3.77. The summed E-state index contributed by atoms with van der Waals surface area (Å²) in [4.78, 5) is 0. The van der Waals surface area contributed by atoms with Crippen LogP contribution in [0.3, 0.4) is 0 Å². The first-order valence-electron chi connectivity index (χ1n) is 8.62. The number of nitrogens with zero attached hydrogens (tertiary/aromatic N) is 1. The van der Waals surface area contributed by atoms with Crippen LogP contribution < -0.4 is 20.9 Å². The number of benzene rings is 2. The Morgan fingerprint density at radius 2 is 1.93 bits per heavy atom. The molecule has 1 atom stereocenters. The van der Waals surface area contributed by atoms with E-state index in [2.05, 4.69) is 26.8 Å². The topological polar surface area (TPSA) is 115 Å². The van der Waals surface area contributed by atoms with Crippen LogP contribution >= 0.6 is 0 Å². The summed E-state index contributed by atoms with van der Waals surface area (Å²) in [7, 11) is 0. The summed E-state index contributed by atoms with van der Waals surface area (Å²) in [5.41, 5.74) is 14.3. The van der Waals surface area contributed by atoms with Gasteiger partial charge in [-0.2, -0.15) is 5.26 Å². The van der Waals surface area contributed by atoms with Gasteiger partial charge in [0.15, 0.2) is 0 Å². The molecule has 0 spiro atoms. The molecule has 140 valence electrons. The number of anilines is 1. The SMILES string of the molecule is CC(C)(C)COc1ccc(C2C(C#N)=C(N)Oc3ccc(O)cc32)cc1N. The van der Waals surface area contributed by atoms with Crippen molar-refractivity contribution in [1.29, 1.82) is 5.26 Å². The highest BCUT2D eigenvalue weighted by Gasteiger charge is 2.31. The quantitative estimate of drug-likeness (QED) is 0.716. The molecule has 6 nitrogen and oxygen atoms in total. The first kappa shape index (κ1) is 18.5. The lowest BCUT2D eigenvalue weighted by Crippen LogP contribution is -2.21. The first-order chi connectivity index (χ1) is 12.7. The number of phenolic OH excluding ortho intramolecular Hbond substituents is 1. The number of fused-ring (bicyclic) bond motifs is 1. The average Bonchev–Trinajstić information content (AvgIpc) is 2.59. The molecule has 2 aromatic rings. The van der Waals surface area contributed by atoms with E-state index in [4.69, 9.17) is 20.9 Å². The Labute approximate surface area is 158 Å². The second kappa shape index (κ2) is 6.76. The number of hydrogen-bond donors (Lipinski definition) is 3. The second-order valence-electron chi connectivity index (χ2n) is 7.79. The molecule has 0 radical (unpaired) electrons. The monoisotopic (exact) mass is 365 g/mol. The van der Waals surface area contributed by atoms with E-state index in [1.54, 1.807) is 24.3 Å². The lowest BCUT2D eigenvalue weighted by Gasteiger charge is -2.27. The highest BCUT2D eigenvalue weighted by molar-refractivity contribution is 5.61. The summed E-state index contributed by atoms with van der Waals surface area (Å²) in [6, 6.07) is 12.2. The zero-order valence-electron chi connectivity index (χ0n) is 15.6. The molecule has 5 N–H and O–H groups in total. The molecule has 0 saturated carbocycles. The minimum atomic E-state index is -0.482. The summed E-state index contributed by atoms with van der Waals surface area (Å²) >= 11 is 0. The average molecular weight is 365 g/mol. The van der Waals surface area contributed by atoms with Gasteiger partial charge in [0.05, 0.1) is 18.2 Å². The van der Waals surface area contributed by atoms with Crippen molar-refractivity contribution in [2.75, 3.05) is 12.3 Å². The normalized spacial score (nSPS) is 16.3. The summed E-state index contributed by atoms with van der Waals surface area (Å²) in [6.07, 6.45) is 0. The number of ether oxygens (including phenoxy) is 2. The Bertz CT molecular complexity index is 952. The standard InChI is InChI=1S/C21H23N3O3/c1-21(2,3)11-26-18-6-4-12(8-16(18)23)19-14-9-13(25)5-7-17(14)27-20(24)15(19)10-22/h4-9,19,25H,11,23-24H2,1-3H3.